The van der Waals surface area contributed by atoms with E-state index in [0.29, 0.717) is 23.7 Å². The highest BCUT2D eigenvalue weighted by Crippen LogP contribution is 2.32. The molecular weight excluding hydrogens is 386 g/mol. The number of amides is 1. The Kier molecular flexibility index (Phi) is 6.27. The largest absolute Gasteiger partial charge is 0.325 e. The SMILES string of the molecule is C[C@@H](C(=O)Nc1ccc(S(=O)(=O)N2CCCC2)cc1)[NH+]1CC[C@@H]2CCCC[C@@H]2C1. The van der Waals surface area contributed by atoms with E-state index in [1.54, 1.807) is 28.6 Å². The van der Waals surface area contributed by atoms with E-state index in [2.05, 4.69) is 5.32 Å². The Labute approximate surface area is 174 Å². The number of carbonyl (C=O) groups is 1. The molecule has 2 aliphatic heterocycles. The van der Waals surface area contributed by atoms with Gasteiger partial charge < -0.3 is 10.2 Å². The molecule has 1 aromatic carbocycles. The molecule has 29 heavy (non-hydrogen) atoms. The van der Waals surface area contributed by atoms with E-state index in [-0.39, 0.29) is 11.9 Å². The maximum absolute atomic E-state index is 12.8. The summed E-state index contributed by atoms with van der Waals surface area (Å²) in [5.74, 6) is 1.66. The molecule has 0 spiro atoms. The normalized spacial score (nSPS) is 29.2. The number of likely N-dealkylation sites (tertiary alicyclic amines) is 1. The monoisotopic (exact) mass is 420 g/mol. The lowest BCUT2D eigenvalue weighted by Gasteiger charge is -2.40. The van der Waals surface area contributed by atoms with Crippen LogP contribution in [0.1, 0.15) is 51.9 Å². The fraction of sp³-hybridized carbons (Fsp3) is 0.682. The molecule has 0 radical (unpaired) electrons. The van der Waals surface area contributed by atoms with E-state index >= 15 is 0 Å². The summed E-state index contributed by atoms with van der Waals surface area (Å²) in [6.07, 6.45) is 8.47. The van der Waals surface area contributed by atoms with Crippen molar-refractivity contribution < 1.29 is 18.1 Å². The third-order valence-electron chi connectivity index (χ3n) is 7.26. The van der Waals surface area contributed by atoms with Crippen LogP contribution in [0.5, 0.6) is 0 Å². The molecule has 1 unspecified atom stereocenters. The van der Waals surface area contributed by atoms with Crippen molar-refractivity contribution >= 4 is 21.6 Å². The number of hydrogen-bond acceptors (Lipinski definition) is 3. The summed E-state index contributed by atoms with van der Waals surface area (Å²) in [7, 11) is -3.41. The number of anilines is 1. The van der Waals surface area contributed by atoms with Crippen molar-refractivity contribution in [3.8, 4) is 0 Å². The number of piperidine rings is 1. The van der Waals surface area contributed by atoms with Crippen molar-refractivity contribution in [3.63, 3.8) is 0 Å². The zero-order valence-corrected chi connectivity index (χ0v) is 18.2. The molecule has 1 aromatic rings. The number of rotatable bonds is 5. The molecule has 1 amide bonds. The third-order valence-corrected chi connectivity index (χ3v) is 9.17. The molecule has 1 aliphatic carbocycles. The van der Waals surface area contributed by atoms with Crippen molar-refractivity contribution in [1.29, 1.82) is 0 Å². The van der Waals surface area contributed by atoms with E-state index in [0.717, 1.165) is 37.8 Å². The van der Waals surface area contributed by atoms with Crippen LogP contribution in [0.3, 0.4) is 0 Å². The molecule has 2 N–H and O–H groups in total. The standard InChI is InChI=1S/C22H33N3O3S/c1-17(24-15-12-18-6-2-3-7-19(18)16-24)22(26)23-20-8-10-21(11-9-20)29(27,28)25-13-4-5-14-25/h8-11,17-19H,2-7,12-16H2,1H3,(H,23,26)/p+1/t17-,18-,19+/m0/s1. The van der Waals surface area contributed by atoms with Gasteiger partial charge in [0, 0.05) is 24.7 Å². The smallest absolute Gasteiger partial charge is 0.282 e. The van der Waals surface area contributed by atoms with Crippen molar-refractivity contribution in [2.45, 2.75) is 62.8 Å². The quantitative estimate of drug-likeness (QED) is 0.764. The molecule has 3 fully saturated rings. The maximum Gasteiger partial charge on any atom is 0.282 e. The van der Waals surface area contributed by atoms with Crippen LogP contribution < -0.4 is 10.2 Å². The van der Waals surface area contributed by atoms with Crippen molar-refractivity contribution in [1.82, 2.24) is 4.31 Å². The first-order valence-electron chi connectivity index (χ1n) is 11.2. The second-order valence-corrected chi connectivity index (χ2v) is 11.0. The van der Waals surface area contributed by atoms with Gasteiger partial charge in [-0.15, -0.1) is 0 Å². The molecule has 7 heteroatoms. The summed E-state index contributed by atoms with van der Waals surface area (Å²) in [4.78, 5) is 14.5. The zero-order valence-electron chi connectivity index (χ0n) is 17.4. The number of benzene rings is 1. The Morgan fingerprint density at radius 1 is 1.03 bits per heavy atom. The highest BCUT2D eigenvalue weighted by molar-refractivity contribution is 7.89. The molecule has 160 valence electrons. The summed E-state index contributed by atoms with van der Waals surface area (Å²) >= 11 is 0. The average Bonchev–Trinajstić information content (AvgIpc) is 3.29. The topological polar surface area (TPSA) is 70.9 Å². The molecular formula is C22H34N3O3S+. The Morgan fingerprint density at radius 3 is 2.38 bits per heavy atom. The number of hydrogen-bond donors (Lipinski definition) is 2. The van der Waals surface area contributed by atoms with E-state index in [1.165, 1.54) is 37.0 Å². The van der Waals surface area contributed by atoms with E-state index in [1.807, 2.05) is 6.92 Å². The van der Waals surface area contributed by atoms with Crippen LogP contribution in [-0.4, -0.2) is 50.9 Å². The molecule has 2 heterocycles. The fourth-order valence-electron chi connectivity index (χ4n) is 5.36. The number of sulfonamides is 1. The summed E-state index contributed by atoms with van der Waals surface area (Å²) in [5.41, 5.74) is 0.661. The molecule has 4 rings (SSSR count). The molecule has 1 saturated carbocycles. The summed E-state index contributed by atoms with van der Waals surface area (Å²) in [5, 5.41) is 2.99. The van der Waals surface area contributed by atoms with Crippen LogP contribution in [0.4, 0.5) is 5.69 Å². The minimum atomic E-state index is -3.41. The van der Waals surface area contributed by atoms with Crippen LogP contribution in [0, 0.1) is 11.8 Å². The average molecular weight is 421 g/mol. The molecule has 4 atom stereocenters. The van der Waals surface area contributed by atoms with Gasteiger partial charge in [0.25, 0.3) is 5.91 Å². The van der Waals surface area contributed by atoms with Crippen LogP contribution in [0.25, 0.3) is 0 Å². The third kappa shape index (κ3) is 4.52. The minimum Gasteiger partial charge on any atom is -0.325 e. The minimum absolute atomic E-state index is 0.0180. The van der Waals surface area contributed by atoms with Crippen molar-refractivity contribution in [2.75, 3.05) is 31.5 Å². The van der Waals surface area contributed by atoms with Gasteiger partial charge in [-0.2, -0.15) is 4.31 Å². The first kappa shape index (κ1) is 20.8. The van der Waals surface area contributed by atoms with Gasteiger partial charge >= 0.3 is 0 Å². The molecule has 0 bridgehead atoms. The Hall–Kier alpha value is -1.44. The van der Waals surface area contributed by atoms with Crippen molar-refractivity contribution in [3.05, 3.63) is 24.3 Å². The number of carbonyl (C=O) groups excluding carboxylic acids is 1. The van der Waals surface area contributed by atoms with Gasteiger partial charge in [-0.25, -0.2) is 8.42 Å². The van der Waals surface area contributed by atoms with Gasteiger partial charge in [-0.05, 0) is 69.2 Å². The predicted octanol–water partition coefficient (Wildman–Crippen LogP) is 1.89. The lowest BCUT2D eigenvalue weighted by molar-refractivity contribution is -0.924. The fourth-order valence-corrected chi connectivity index (χ4v) is 6.88. The van der Waals surface area contributed by atoms with Crippen LogP contribution in [0.2, 0.25) is 0 Å². The van der Waals surface area contributed by atoms with Crippen LogP contribution in [-0.2, 0) is 14.8 Å². The number of fused-ring (bicyclic) bond motifs is 1. The van der Waals surface area contributed by atoms with Crippen LogP contribution in [0.15, 0.2) is 29.2 Å². The predicted molar refractivity (Wildman–Crippen MR) is 113 cm³/mol. The van der Waals surface area contributed by atoms with Gasteiger partial charge in [0.15, 0.2) is 6.04 Å². The zero-order chi connectivity index (χ0) is 20.4. The lowest BCUT2D eigenvalue weighted by Crippen LogP contribution is -3.18. The Balaban J connectivity index is 1.35. The molecule has 0 aromatic heterocycles. The van der Waals surface area contributed by atoms with Gasteiger partial charge in [0.1, 0.15) is 0 Å². The van der Waals surface area contributed by atoms with Gasteiger partial charge in [0.2, 0.25) is 10.0 Å². The molecule has 2 saturated heterocycles. The molecule has 6 nitrogen and oxygen atoms in total. The summed E-state index contributed by atoms with van der Waals surface area (Å²) < 4.78 is 26.8. The Bertz CT molecular complexity index is 818. The summed E-state index contributed by atoms with van der Waals surface area (Å²) in [6.45, 7) is 5.38. The van der Waals surface area contributed by atoms with Crippen molar-refractivity contribution in [2.24, 2.45) is 11.8 Å². The highest BCUT2D eigenvalue weighted by atomic mass is 32.2. The number of quaternary nitrogens is 1. The highest BCUT2D eigenvalue weighted by Gasteiger charge is 2.37. The van der Waals surface area contributed by atoms with Gasteiger partial charge in [-0.3, -0.25) is 4.79 Å². The second kappa shape index (κ2) is 8.74. The number of nitrogens with zero attached hydrogens (tertiary/aromatic N) is 1. The van der Waals surface area contributed by atoms with E-state index in [9.17, 15) is 13.2 Å². The molecule has 3 aliphatic rings. The van der Waals surface area contributed by atoms with Gasteiger partial charge in [0.05, 0.1) is 18.0 Å². The lowest BCUT2D eigenvalue weighted by atomic mass is 9.75. The maximum atomic E-state index is 12.8. The number of nitrogens with one attached hydrogen (secondary N) is 2. The Morgan fingerprint density at radius 2 is 1.69 bits per heavy atom. The van der Waals surface area contributed by atoms with Crippen LogP contribution >= 0.6 is 0 Å². The van der Waals surface area contributed by atoms with Gasteiger partial charge in [-0.1, -0.05) is 12.8 Å². The first-order valence-corrected chi connectivity index (χ1v) is 12.6. The first-order chi connectivity index (χ1) is 13.9. The summed E-state index contributed by atoms with van der Waals surface area (Å²) in [6, 6.07) is 6.53. The second-order valence-electron chi connectivity index (χ2n) is 9.05. The van der Waals surface area contributed by atoms with E-state index in [4.69, 9.17) is 0 Å². The van der Waals surface area contributed by atoms with E-state index < -0.39 is 10.0 Å².